The molecule has 1 nitrogen and oxygen atoms in total. The molecule has 0 atom stereocenters. The number of carbonyl (C=O) groups excluding carboxylic acids is 1. The first-order valence-corrected chi connectivity index (χ1v) is 6.43. The summed E-state index contributed by atoms with van der Waals surface area (Å²) in [5.74, 6) is -7.63. The molecule has 0 aliphatic heterocycles. The molecule has 1 aromatic heterocycles. The van der Waals surface area contributed by atoms with Crippen molar-refractivity contribution in [3.63, 3.8) is 0 Å². The average Bonchev–Trinajstić information content (AvgIpc) is 2.65. The van der Waals surface area contributed by atoms with E-state index in [-0.39, 0.29) is 4.47 Å². The Bertz CT molecular complexity index is 646. The predicted octanol–water partition coefficient (Wildman–Crippen LogP) is 5.04. The molecule has 102 valence electrons. The lowest BCUT2D eigenvalue weighted by Crippen LogP contribution is -2.43. The van der Waals surface area contributed by atoms with Crippen molar-refractivity contribution in [1.29, 1.82) is 0 Å². The molecule has 0 saturated heterocycles. The van der Waals surface area contributed by atoms with Gasteiger partial charge in [-0.25, -0.2) is 0 Å². The second-order valence-electron chi connectivity index (χ2n) is 3.64. The minimum Gasteiger partial charge on any atom is -0.286 e. The van der Waals surface area contributed by atoms with E-state index in [0.717, 1.165) is 0 Å². The first-order valence-electron chi connectivity index (χ1n) is 4.82. The van der Waals surface area contributed by atoms with Gasteiger partial charge in [0.2, 0.25) is 0 Å². The van der Waals surface area contributed by atoms with Crippen LogP contribution >= 0.6 is 27.3 Å². The van der Waals surface area contributed by atoms with Gasteiger partial charge in [-0.1, -0.05) is 18.2 Å². The number of fused-ring (bicyclic) bond motifs is 1. The van der Waals surface area contributed by atoms with Crippen molar-refractivity contribution < 1.29 is 26.7 Å². The van der Waals surface area contributed by atoms with Gasteiger partial charge in [0.1, 0.15) is 0 Å². The molecule has 2 aromatic rings. The lowest BCUT2D eigenvalue weighted by Gasteiger charge is -2.17. The fourth-order valence-electron chi connectivity index (χ4n) is 1.43. The van der Waals surface area contributed by atoms with Gasteiger partial charge in [0.25, 0.3) is 5.78 Å². The van der Waals surface area contributed by atoms with Crippen LogP contribution in [0.25, 0.3) is 10.1 Å². The lowest BCUT2D eigenvalue weighted by atomic mass is 10.1. The van der Waals surface area contributed by atoms with Crippen molar-refractivity contribution in [3.8, 4) is 0 Å². The molecule has 0 radical (unpaired) electrons. The van der Waals surface area contributed by atoms with Crippen molar-refractivity contribution >= 4 is 43.1 Å². The first-order chi connectivity index (χ1) is 8.66. The maximum atomic E-state index is 13.0. The quantitative estimate of drug-likeness (QED) is 0.542. The van der Waals surface area contributed by atoms with Crippen molar-refractivity contribution in [1.82, 2.24) is 0 Å². The third kappa shape index (κ3) is 2.27. The van der Waals surface area contributed by atoms with E-state index >= 15 is 0 Å². The van der Waals surface area contributed by atoms with Crippen LogP contribution in [-0.2, 0) is 0 Å². The number of benzene rings is 1. The number of Topliss-reactive ketones (excluding diaryl/α,β-unsaturated/α-hetero) is 1. The smallest absolute Gasteiger partial charge is 0.286 e. The number of hydrogen-bond donors (Lipinski definition) is 0. The molecule has 0 aliphatic carbocycles. The number of halogens is 6. The number of hydrogen-bond acceptors (Lipinski definition) is 2. The van der Waals surface area contributed by atoms with Gasteiger partial charge < -0.3 is 0 Å². The van der Waals surface area contributed by atoms with Gasteiger partial charge in [-0.2, -0.15) is 22.0 Å². The highest BCUT2D eigenvalue weighted by Gasteiger charge is 2.63. The van der Waals surface area contributed by atoms with E-state index in [4.69, 9.17) is 0 Å². The summed E-state index contributed by atoms with van der Waals surface area (Å²) < 4.78 is 63.0. The highest BCUT2D eigenvalue weighted by molar-refractivity contribution is 9.10. The zero-order chi connectivity index (χ0) is 14.4. The Morgan fingerprint density at radius 2 is 1.68 bits per heavy atom. The predicted molar refractivity (Wildman–Crippen MR) is 64.9 cm³/mol. The van der Waals surface area contributed by atoms with E-state index in [9.17, 15) is 26.7 Å². The highest BCUT2D eigenvalue weighted by atomic mass is 79.9. The van der Waals surface area contributed by atoms with Crippen LogP contribution in [0.1, 0.15) is 9.67 Å². The van der Waals surface area contributed by atoms with E-state index in [0.29, 0.717) is 21.4 Å². The van der Waals surface area contributed by atoms with Gasteiger partial charge >= 0.3 is 12.1 Å². The summed E-state index contributed by atoms with van der Waals surface area (Å²) in [5.41, 5.74) is 0. The Balaban J connectivity index is 2.57. The van der Waals surface area contributed by atoms with Crippen molar-refractivity contribution in [2.45, 2.75) is 12.1 Å². The van der Waals surface area contributed by atoms with Crippen LogP contribution in [0.4, 0.5) is 22.0 Å². The van der Waals surface area contributed by atoms with Crippen LogP contribution in [0.5, 0.6) is 0 Å². The molecule has 0 bridgehead atoms. The molecule has 0 unspecified atom stereocenters. The molecule has 1 aromatic carbocycles. The van der Waals surface area contributed by atoms with Crippen LogP contribution in [-0.4, -0.2) is 17.9 Å². The summed E-state index contributed by atoms with van der Waals surface area (Å²) in [7, 11) is 0. The largest absolute Gasteiger partial charge is 0.461 e. The van der Waals surface area contributed by atoms with Crippen molar-refractivity contribution in [3.05, 3.63) is 33.6 Å². The SMILES string of the molecule is O=C(c1sc2ccccc2c1Br)C(F)(F)C(F)(F)F. The fourth-order valence-corrected chi connectivity index (χ4v) is 3.40. The number of carbonyl (C=O) groups is 1. The molecule has 0 amide bonds. The number of rotatable bonds is 2. The Labute approximate surface area is 116 Å². The maximum absolute atomic E-state index is 13.0. The normalized spacial score (nSPS) is 12.9. The van der Waals surface area contributed by atoms with Crippen LogP contribution in [0, 0.1) is 0 Å². The molecule has 0 saturated carbocycles. The molecule has 0 N–H and O–H groups in total. The van der Waals surface area contributed by atoms with Gasteiger partial charge in [-0.05, 0) is 22.0 Å². The minimum absolute atomic E-state index is 0.0398. The molecule has 2 rings (SSSR count). The first kappa shape index (κ1) is 14.4. The van der Waals surface area contributed by atoms with Gasteiger partial charge in [0, 0.05) is 14.6 Å². The second-order valence-corrected chi connectivity index (χ2v) is 5.49. The van der Waals surface area contributed by atoms with E-state index in [1.54, 1.807) is 12.1 Å². The standard InChI is InChI=1S/C11H4BrF5OS/c12-7-5-3-1-2-4-6(5)19-8(7)9(18)10(13,14)11(15,16)17/h1-4H. The monoisotopic (exact) mass is 358 g/mol. The maximum Gasteiger partial charge on any atom is 0.461 e. The summed E-state index contributed by atoms with van der Waals surface area (Å²) >= 11 is 3.50. The molecule has 8 heteroatoms. The van der Waals surface area contributed by atoms with Gasteiger partial charge in [-0.3, -0.25) is 4.79 Å². The lowest BCUT2D eigenvalue weighted by molar-refractivity contribution is -0.255. The molecule has 1 heterocycles. The van der Waals surface area contributed by atoms with E-state index in [1.807, 2.05) is 0 Å². The van der Waals surface area contributed by atoms with E-state index in [1.165, 1.54) is 12.1 Å². The third-order valence-corrected chi connectivity index (χ3v) is 4.64. The van der Waals surface area contributed by atoms with Gasteiger partial charge in [0.05, 0.1) is 4.88 Å². The Morgan fingerprint density at radius 1 is 1.11 bits per heavy atom. The molecular weight excluding hydrogens is 355 g/mol. The van der Waals surface area contributed by atoms with Crippen LogP contribution < -0.4 is 0 Å². The summed E-state index contributed by atoms with van der Waals surface area (Å²) in [6, 6.07) is 6.25. The van der Waals surface area contributed by atoms with Crippen molar-refractivity contribution in [2.75, 3.05) is 0 Å². The Morgan fingerprint density at radius 3 is 2.21 bits per heavy atom. The van der Waals surface area contributed by atoms with Crippen LogP contribution in [0.2, 0.25) is 0 Å². The minimum atomic E-state index is -5.90. The highest BCUT2D eigenvalue weighted by Crippen LogP contribution is 2.43. The van der Waals surface area contributed by atoms with Crippen molar-refractivity contribution in [2.24, 2.45) is 0 Å². The molecule has 0 fully saturated rings. The molecule has 0 aliphatic rings. The van der Waals surface area contributed by atoms with Crippen LogP contribution in [0.3, 0.4) is 0 Å². The zero-order valence-corrected chi connectivity index (χ0v) is 11.3. The van der Waals surface area contributed by atoms with Gasteiger partial charge in [0.15, 0.2) is 0 Å². The van der Waals surface area contributed by atoms with Gasteiger partial charge in [-0.15, -0.1) is 11.3 Å². The molecule has 19 heavy (non-hydrogen) atoms. The Hall–Kier alpha value is -1.02. The molecule has 0 spiro atoms. The second kappa shape index (κ2) is 4.52. The topological polar surface area (TPSA) is 17.1 Å². The zero-order valence-electron chi connectivity index (χ0n) is 8.89. The third-order valence-electron chi connectivity index (χ3n) is 2.38. The summed E-state index contributed by atoms with van der Waals surface area (Å²) in [5, 5.41) is 0.425. The van der Waals surface area contributed by atoms with E-state index < -0.39 is 22.8 Å². The average molecular weight is 359 g/mol. The number of alkyl halides is 5. The summed E-state index contributed by atoms with van der Waals surface area (Å²) in [4.78, 5) is 10.8. The summed E-state index contributed by atoms with van der Waals surface area (Å²) in [6.45, 7) is 0. The summed E-state index contributed by atoms with van der Waals surface area (Å²) in [6.07, 6.45) is -5.90. The Kier molecular flexibility index (Phi) is 3.42. The van der Waals surface area contributed by atoms with Crippen LogP contribution in [0.15, 0.2) is 28.7 Å². The number of ketones is 1. The fraction of sp³-hybridized carbons (Fsp3) is 0.182. The molecular formula is C11H4BrF5OS. The number of thiophene rings is 1. The van der Waals surface area contributed by atoms with E-state index in [2.05, 4.69) is 15.9 Å².